The van der Waals surface area contributed by atoms with E-state index in [4.69, 9.17) is 13.8 Å². The molecule has 3 atom stereocenters. The molecule has 2 N–H and O–H groups in total. The SMILES string of the molecule is CC/C=C/C/C=C/CCCCCCCCCC(=O)OC(/C=C/CCCCCCCCCCC)C(COP(=O)(O)OCC[N+](C)(C)C)NC(=O)CCCCCCC/C=C/CCCCCCCCC. The number of rotatable bonds is 50. The molecule has 0 bridgehead atoms. The molecule has 0 aromatic heterocycles. The Morgan fingerprint density at radius 3 is 1.43 bits per heavy atom. The average Bonchev–Trinajstić information content (AvgIpc) is 3.28. The Kier molecular flexibility index (Phi) is 46.2. The Morgan fingerprint density at radius 2 is 0.955 bits per heavy atom. The van der Waals surface area contributed by atoms with Crippen molar-refractivity contribution in [2.75, 3.05) is 40.9 Å². The number of ether oxygens (including phenoxy) is 1. The molecule has 0 aromatic rings. The highest BCUT2D eigenvalue weighted by atomic mass is 31.2. The fourth-order valence-electron chi connectivity index (χ4n) is 7.91. The van der Waals surface area contributed by atoms with Gasteiger partial charge in [-0.25, -0.2) is 4.57 Å². The molecule has 392 valence electrons. The Bertz CT molecular complexity index is 1290. The fraction of sp³-hybridized carbons (Fsp3) is 0.825. The van der Waals surface area contributed by atoms with Gasteiger partial charge in [-0.2, -0.15) is 0 Å². The van der Waals surface area contributed by atoms with Crippen LogP contribution in [0.2, 0.25) is 0 Å². The summed E-state index contributed by atoms with van der Waals surface area (Å²) in [7, 11) is 1.49. The van der Waals surface area contributed by atoms with Gasteiger partial charge in [0.2, 0.25) is 5.91 Å². The van der Waals surface area contributed by atoms with Crippen molar-refractivity contribution in [3.8, 4) is 0 Å². The number of hydrogen-bond donors (Lipinski definition) is 2. The Morgan fingerprint density at radius 1 is 0.537 bits per heavy atom. The minimum Gasteiger partial charge on any atom is -0.456 e. The van der Waals surface area contributed by atoms with Gasteiger partial charge in [-0.3, -0.25) is 18.6 Å². The van der Waals surface area contributed by atoms with E-state index in [1.807, 2.05) is 33.3 Å². The first kappa shape index (κ1) is 65.0. The molecule has 0 aliphatic heterocycles. The van der Waals surface area contributed by atoms with Crippen molar-refractivity contribution in [3.63, 3.8) is 0 Å². The predicted octanol–water partition coefficient (Wildman–Crippen LogP) is 16.6. The third-order valence-corrected chi connectivity index (χ3v) is 13.2. The van der Waals surface area contributed by atoms with E-state index in [0.717, 1.165) is 103 Å². The van der Waals surface area contributed by atoms with E-state index in [2.05, 4.69) is 62.5 Å². The first-order valence-electron chi connectivity index (χ1n) is 28.0. The second kappa shape index (κ2) is 47.6. The van der Waals surface area contributed by atoms with Crippen molar-refractivity contribution in [2.24, 2.45) is 0 Å². The van der Waals surface area contributed by atoms with Gasteiger partial charge in [-0.05, 0) is 83.1 Å². The molecule has 0 spiro atoms. The standard InChI is InChI=1S/C57H107N2O7P/c1-7-10-13-16-19-22-25-27-29-30-31-34-37-40-43-46-49-56(60)58-54(53-65-67(62,63)64-52-51-59(4,5)6)55(48-45-42-39-36-33-24-21-18-15-12-9-3)66-57(61)50-47-44-41-38-35-32-28-26-23-20-17-14-11-8-2/h11,14,20,23,29-30,45,48,54-55H,7-10,12-13,15-19,21-22,24-28,31-44,46-47,49-53H2,1-6H3,(H-,58,60,62,63)/p+1/b14-11+,23-20+,30-29+,48-45+. The van der Waals surface area contributed by atoms with E-state index in [0.29, 0.717) is 17.4 Å². The van der Waals surface area contributed by atoms with Crippen molar-refractivity contribution >= 4 is 19.7 Å². The Balaban J connectivity index is 5.36. The number of unbranched alkanes of at least 4 members (excludes halogenated alkanes) is 28. The molecule has 9 nitrogen and oxygen atoms in total. The molecule has 0 saturated carbocycles. The summed E-state index contributed by atoms with van der Waals surface area (Å²) in [5.74, 6) is -0.522. The van der Waals surface area contributed by atoms with Crippen LogP contribution >= 0.6 is 7.82 Å². The van der Waals surface area contributed by atoms with Gasteiger partial charge in [0.15, 0.2) is 0 Å². The highest BCUT2D eigenvalue weighted by Crippen LogP contribution is 2.43. The quantitative estimate of drug-likeness (QED) is 0.0205. The molecule has 1 amide bonds. The molecule has 0 saturated heterocycles. The molecule has 3 unspecified atom stereocenters. The van der Waals surface area contributed by atoms with E-state index < -0.39 is 20.0 Å². The van der Waals surface area contributed by atoms with E-state index in [-0.39, 0.29) is 31.5 Å². The van der Waals surface area contributed by atoms with Crippen molar-refractivity contribution in [2.45, 2.75) is 264 Å². The fourth-order valence-corrected chi connectivity index (χ4v) is 8.65. The molecule has 0 aliphatic rings. The van der Waals surface area contributed by atoms with Crippen molar-refractivity contribution in [1.82, 2.24) is 5.32 Å². The van der Waals surface area contributed by atoms with Gasteiger partial charge >= 0.3 is 13.8 Å². The predicted molar refractivity (Wildman–Crippen MR) is 286 cm³/mol. The minimum absolute atomic E-state index is 0.0371. The maximum absolute atomic E-state index is 13.5. The number of esters is 1. The van der Waals surface area contributed by atoms with E-state index in [1.165, 1.54) is 116 Å². The molecule has 0 aliphatic carbocycles. The molecule has 0 rings (SSSR count). The molecular weight excluding hydrogens is 856 g/mol. The van der Waals surface area contributed by atoms with Crippen LogP contribution in [0.1, 0.15) is 252 Å². The van der Waals surface area contributed by atoms with Gasteiger partial charge in [0.05, 0.1) is 33.8 Å². The highest BCUT2D eigenvalue weighted by molar-refractivity contribution is 7.47. The summed E-state index contributed by atoms with van der Waals surface area (Å²) in [6, 6.07) is -0.853. The van der Waals surface area contributed by atoms with Gasteiger partial charge < -0.3 is 19.4 Å². The molecule has 67 heavy (non-hydrogen) atoms. The summed E-state index contributed by atoms with van der Waals surface area (Å²) in [6.45, 7) is 6.89. The van der Waals surface area contributed by atoms with Crippen LogP contribution in [0, 0.1) is 0 Å². The molecule has 10 heteroatoms. The third kappa shape index (κ3) is 48.8. The third-order valence-electron chi connectivity index (χ3n) is 12.3. The second-order valence-electron chi connectivity index (χ2n) is 20.1. The lowest BCUT2D eigenvalue weighted by molar-refractivity contribution is -0.870. The summed E-state index contributed by atoms with van der Waals surface area (Å²) in [4.78, 5) is 37.5. The zero-order valence-electron chi connectivity index (χ0n) is 44.6. The normalized spacial score (nSPS) is 14.2. The Hall–Kier alpha value is -2.03. The lowest BCUT2D eigenvalue weighted by atomic mass is 10.1. The van der Waals surface area contributed by atoms with Crippen LogP contribution in [-0.4, -0.2) is 74.3 Å². The zero-order chi connectivity index (χ0) is 49.4. The molecule has 0 radical (unpaired) electrons. The number of quaternary nitrogens is 1. The number of allylic oxidation sites excluding steroid dienone is 7. The van der Waals surface area contributed by atoms with Gasteiger partial charge in [0, 0.05) is 12.8 Å². The lowest BCUT2D eigenvalue weighted by Crippen LogP contribution is -2.47. The summed E-state index contributed by atoms with van der Waals surface area (Å²) in [6.07, 6.45) is 56.7. The van der Waals surface area contributed by atoms with Crippen LogP contribution in [0.4, 0.5) is 0 Å². The summed E-state index contributed by atoms with van der Waals surface area (Å²) in [5.41, 5.74) is 0. The topological polar surface area (TPSA) is 111 Å². The number of carbonyl (C=O) groups is 2. The van der Waals surface area contributed by atoms with Crippen LogP contribution in [0.3, 0.4) is 0 Å². The van der Waals surface area contributed by atoms with Crippen LogP contribution < -0.4 is 5.32 Å². The maximum atomic E-state index is 13.5. The van der Waals surface area contributed by atoms with Crippen LogP contribution in [-0.2, 0) is 27.9 Å². The average molecular weight is 964 g/mol. The molecule has 0 fully saturated rings. The highest BCUT2D eigenvalue weighted by Gasteiger charge is 2.30. The summed E-state index contributed by atoms with van der Waals surface area (Å²) < 4.78 is 30.5. The smallest absolute Gasteiger partial charge is 0.456 e. The monoisotopic (exact) mass is 964 g/mol. The van der Waals surface area contributed by atoms with Crippen LogP contribution in [0.5, 0.6) is 0 Å². The summed E-state index contributed by atoms with van der Waals surface area (Å²) in [5, 5.41) is 3.04. The number of likely N-dealkylation sites (N-methyl/N-ethyl adjacent to an activating group) is 1. The van der Waals surface area contributed by atoms with E-state index >= 15 is 0 Å². The zero-order valence-corrected chi connectivity index (χ0v) is 45.5. The lowest BCUT2D eigenvalue weighted by Gasteiger charge is -2.27. The number of amides is 1. The number of phosphoric ester groups is 1. The van der Waals surface area contributed by atoms with Gasteiger partial charge in [-0.15, -0.1) is 0 Å². The number of hydrogen-bond acceptors (Lipinski definition) is 6. The number of nitrogens with zero attached hydrogens (tertiary/aromatic N) is 1. The van der Waals surface area contributed by atoms with E-state index in [9.17, 15) is 19.0 Å². The number of nitrogens with one attached hydrogen (secondary N) is 1. The minimum atomic E-state index is -4.44. The van der Waals surface area contributed by atoms with Crippen LogP contribution in [0.25, 0.3) is 0 Å². The van der Waals surface area contributed by atoms with Gasteiger partial charge in [0.25, 0.3) is 0 Å². The summed E-state index contributed by atoms with van der Waals surface area (Å²) >= 11 is 0. The largest absolute Gasteiger partial charge is 0.472 e. The van der Waals surface area contributed by atoms with Crippen molar-refractivity contribution < 1.29 is 37.3 Å². The van der Waals surface area contributed by atoms with Crippen molar-refractivity contribution in [1.29, 1.82) is 0 Å². The first-order chi connectivity index (χ1) is 32.4. The maximum Gasteiger partial charge on any atom is 0.472 e. The molecule has 0 aromatic carbocycles. The second-order valence-corrected chi connectivity index (χ2v) is 21.5. The Labute approximate surface area is 414 Å². The number of carbonyl (C=O) groups excluding carboxylic acids is 2. The van der Waals surface area contributed by atoms with Gasteiger partial charge in [0.1, 0.15) is 19.3 Å². The van der Waals surface area contributed by atoms with E-state index in [1.54, 1.807) is 0 Å². The van der Waals surface area contributed by atoms with Crippen molar-refractivity contribution in [3.05, 3.63) is 48.6 Å². The molecular formula is C57H108N2O7P+. The van der Waals surface area contributed by atoms with Gasteiger partial charge in [-0.1, -0.05) is 205 Å². The molecule has 0 heterocycles. The van der Waals surface area contributed by atoms with Crippen LogP contribution in [0.15, 0.2) is 48.6 Å². The number of phosphoric acid groups is 1. The first-order valence-corrected chi connectivity index (χ1v) is 29.5.